The lowest BCUT2D eigenvalue weighted by Gasteiger charge is -2.54. The van der Waals surface area contributed by atoms with Crippen LogP contribution in [0.1, 0.15) is 24.4 Å². The summed E-state index contributed by atoms with van der Waals surface area (Å²) in [5.74, 6) is 1.24. The standard InChI is InChI=1S/C27H25N3O2/c1-32-21-14-12-19(13-15-21)29-26-22(27(29)31)16-17-23-24(26)25(18-8-4-2-5-9-18)30(28-23)20-10-6-3-7-11-20/h2-15,22,24-26H,16-17H2,1H3/t22-,24-,25+,26-/m0/s1. The number of fused-ring (bicyclic) bond motifs is 3. The van der Waals surface area contributed by atoms with Gasteiger partial charge in [0.2, 0.25) is 5.91 Å². The lowest BCUT2D eigenvalue weighted by molar-refractivity contribution is -0.131. The van der Waals surface area contributed by atoms with Gasteiger partial charge in [-0.2, -0.15) is 5.10 Å². The van der Waals surface area contributed by atoms with Crippen LogP contribution < -0.4 is 14.6 Å². The molecule has 2 fully saturated rings. The van der Waals surface area contributed by atoms with Crippen LogP contribution in [0.3, 0.4) is 0 Å². The predicted molar refractivity (Wildman–Crippen MR) is 126 cm³/mol. The number of benzene rings is 3. The van der Waals surface area contributed by atoms with Crippen LogP contribution >= 0.6 is 0 Å². The van der Waals surface area contributed by atoms with Gasteiger partial charge in [0.25, 0.3) is 0 Å². The summed E-state index contributed by atoms with van der Waals surface area (Å²) in [6.07, 6.45) is 1.75. The summed E-state index contributed by atoms with van der Waals surface area (Å²) >= 11 is 0. The largest absolute Gasteiger partial charge is 0.497 e. The number of hydrogen-bond acceptors (Lipinski definition) is 4. The van der Waals surface area contributed by atoms with Crippen molar-refractivity contribution < 1.29 is 9.53 Å². The maximum absolute atomic E-state index is 13.2. The van der Waals surface area contributed by atoms with Crippen LogP contribution in [0.2, 0.25) is 0 Å². The number of amides is 1. The third-order valence-electron chi connectivity index (χ3n) is 7.08. The van der Waals surface area contributed by atoms with Gasteiger partial charge in [-0.15, -0.1) is 0 Å². The molecule has 5 nitrogen and oxygen atoms in total. The molecular formula is C27H25N3O2. The zero-order chi connectivity index (χ0) is 21.7. The minimum Gasteiger partial charge on any atom is -0.497 e. The van der Waals surface area contributed by atoms with E-state index in [1.54, 1.807) is 7.11 Å². The average Bonchev–Trinajstić information content (AvgIpc) is 3.24. The summed E-state index contributed by atoms with van der Waals surface area (Å²) in [6.45, 7) is 0. The molecule has 1 saturated heterocycles. The Morgan fingerprint density at radius 1 is 0.875 bits per heavy atom. The van der Waals surface area contributed by atoms with Crippen LogP contribution in [0.5, 0.6) is 5.75 Å². The number of ether oxygens (including phenoxy) is 1. The highest BCUT2D eigenvalue weighted by Gasteiger charge is 2.59. The van der Waals surface area contributed by atoms with E-state index in [2.05, 4.69) is 53.5 Å². The van der Waals surface area contributed by atoms with Crippen LogP contribution in [0.25, 0.3) is 0 Å². The van der Waals surface area contributed by atoms with E-state index in [0.717, 1.165) is 30.0 Å². The Kier molecular flexibility index (Phi) is 4.49. The van der Waals surface area contributed by atoms with Gasteiger partial charge >= 0.3 is 0 Å². The number of hydrogen-bond donors (Lipinski definition) is 0. The lowest BCUT2D eigenvalue weighted by Crippen LogP contribution is -2.67. The topological polar surface area (TPSA) is 45.1 Å². The molecule has 3 aliphatic rings. The van der Waals surface area contributed by atoms with Crippen molar-refractivity contribution >= 4 is 23.0 Å². The van der Waals surface area contributed by atoms with Crippen molar-refractivity contribution in [1.29, 1.82) is 0 Å². The number of β-lactam (4-membered cyclic amide) rings is 1. The molecule has 2 heterocycles. The van der Waals surface area contributed by atoms with Gasteiger partial charge in [-0.1, -0.05) is 48.5 Å². The summed E-state index contributed by atoms with van der Waals surface area (Å²) in [5, 5.41) is 7.30. The Balaban J connectivity index is 1.43. The highest BCUT2D eigenvalue weighted by Crippen LogP contribution is 2.52. The Morgan fingerprint density at radius 3 is 2.25 bits per heavy atom. The first-order valence-electron chi connectivity index (χ1n) is 11.2. The fourth-order valence-corrected chi connectivity index (χ4v) is 5.62. The number of nitrogens with zero attached hydrogens (tertiary/aromatic N) is 3. The molecule has 0 bridgehead atoms. The van der Waals surface area contributed by atoms with Gasteiger partial charge < -0.3 is 9.64 Å². The molecule has 1 aliphatic carbocycles. The molecule has 6 rings (SSSR count). The van der Waals surface area contributed by atoms with Gasteiger partial charge in [0, 0.05) is 17.3 Å². The number of para-hydroxylation sites is 1. The molecule has 1 amide bonds. The number of rotatable bonds is 4. The lowest BCUT2D eigenvalue weighted by atomic mass is 9.65. The smallest absolute Gasteiger partial charge is 0.232 e. The van der Waals surface area contributed by atoms with Gasteiger partial charge in [-0.3, -0.25) is 9.80 Å². The second-order valence-electron chi connectivity index (χ2n) is 8.69. The van der Waals surface area contributed by atoms with Gasteiger partial charge in [0.15, 0.2) is 0 Å². The molecule has 0 spiro atoms. The molecule has 2 aliphatic heterocycles. The van der Waals surface area contributed by atoms with Crippen LogP contribution in [0, 0.1) is 11.8 Å². The molecule has 0 unspecified atom stereocenters. The molecule has 32 heavy (non-hydrogen) atoms. The maximum Gasteiger partial charge on any atom is 0.232 e. The van der Waals surface area contributed by atoms with Gasteiger partial charge in [-0.25, -0.2) is 0 Å². The Labute approximate surface area is 187 Å². The normalized spacial score (nSPS) is 26.2. The van der Waals surface area contributed by atoms with Crippen molar-refractivity contribution in [2.45, 2.75) is 24.9 Å². The van der Waals surface area contributed by atoms with Gasteiger partial charge in [0.1, 0.15) is 5.75 Å². The third-order valence-corrected chi connectivity index (χ3v) is 7.08. The number of methoxy groups -OCH3 is 1. The van der Waals surface area contributed by atoms with E-state index in [0.29, 0.717) is 0 Å². The summed E-state index contributed by atoms with van der Waals surface area (Å²) < 4.78 is 5.31. The summed E-state index contributed by atoms with van der Waals surface area (Å²) in [5.41, 5.74) is 4.45. The first-order valence-corrected chi connectivity index (χ1v) is 11.2. The van der Waals surface area contributed by atoms with Crippen molar-refractivity contribution in [2.75, 3.05) is 17.0 Å². The molecule has 3 aromatic rings. The van der Waals surface area contributed by atoms with E-state index >= 15 is 0 Å². The number of carbonyl (C=O) groups excluding carboxylic acids is 1. The van der Waals surface area contributed by atoms with Crippen molar-refractivity contribution in [3.63, 3.8) is 0 Å². The van der Waals surface area contributed by atoms with Crippen molar-refractivity contribution in [3.05, 3.63) is 90.5 Å². The van der Waals surface area contributed by atoms with E-state index < -0.39 is 0 Å². The number of hydrazone groups is 1. The summed E-state index contributed by atoms with van der Waals surface area (Å²) in [6, 6.07) is 29.0. The molecule has 0 N–H and O–H groups in total. The summed E-state index contributed by atoms with van der Waals surface area (Å²) in [7, 11) is 1.66. The summed E-state index contributed by atoms with van der Waals surface area (Å²) in [4.78, 5) is 15.2. The minimum atomic E-state index is 0.0583. The van der Waals surface area contributed by atoms with Crippen LogP contribution in [0.4, 0.5) is 11.4 Å². The molecule has 160 valence electrons. The first kappa shape index (κ1) is 19.1. The van der Waals surface area contributed by atoms with Crippen molar-refractivity contribution in [3.8, 4) is 5.75 Å². The number of anilines is 2. The Morgan fingerprint density at radius 2 is 1.56 bits per heavy atom. The molecule has 4 atom stereocenters. The predicted octanol–water partition coefficient (Wildman–Crippen LogP) is 5.05. The van der Waals surface area contributed by atoms with Crippen LogP contribution in [-0.4, -0.2) is 24.8 Å². The fourth-order valence-electron chi connectivity index (χ4n) is 5.62. The molecule has 1 saturated carbocycles. The SMILES string of the molecule is COc1ccc(N2C(=O)[C@H]3CCC4=NN(c5ccccc5)[C@H](c5ccccc5)[C@H]4[C@H]32)cc1. The number of carbonyl (C=O) groups is 1. The van der Waals surface area contributed by atoms with E-state index in [9.17, 15) is 4.79 Å². The molecular weight excluding hydrogens is 398 g/mol. The quantitative estimate of drug-likeness (QED) is 0.552. The van der Waals surface area contributed by atoms with Crippen molar-refractivity contribution in [1.82, 2.24) is 0 Å². The third kappa shape index (κ3) is 2.84. The average molecular weight is 424 g/mol. The van der Waals surface area contributed by atoms with E-state index in [1.807, 2.05) is 41.3 Å². The first-order chi connectivity index (χ1) is 15.8. The fraction of sp³-hybridized carbons (Fsp3) is 0.259. The van der Waals surface area contributed by atoms with Crippen LogP contribution in [-0.2, 0) is 4.79 Å². The second-order valence-corrected chi connectivity index (χ2v) is 8.69. The van der Waals surface area contributed by atoms with E-state index in [4.69, 9.17) is 9.84 Å². The Hall–Kier alpha value is -3.60. The van der Waals surface area contributed by atoms with Crippen molar-refractivity contribution in [2.24, 2.45) is 16.9 Å². The second kappa shape index (κ2) is 7.52. The van der Waals surface area contributed by atoms with Crippen LogP contribution in [0.15, 0.2) is 90.0 Å². The van der Waals surface area contributed by atoms with E-state index in [-0.39, 0.29) is 29.8 Å². The Bertz CT molecular complexity index is 1160. The highest BCUT2D eigenvalue weighted by atomic mass is 16.5. The molecule has 0 aromatic heterocycles. The highest BCUT2D eigenvalue weighted by molar-refractivity contribution is 6.07. The molecule has 3 aromatic carbocycles. The van der Waals surface area contributed by atoms with Gasteiger partial charge in [0.05, 0.1) is 30.8 Å². The zero-order valence-corrected chi connectivity index (χ0v) is 18.0. The minimum absolute atomic E-state index is 0.0583. The molecule has 0 radical (unpaired) electrons. The zero-order valence-electron chi connectivity index (χ0n) is 18.0. The van der Waals surface area contributed by atoms with Gasteiger partial charge in [-0.05, 0) is 54.8 Å². The monoisotopic (exact) mass is 423 g/mol. The van der Waals surface area contributed by atoms with E-state index in [1.165, 1.54) is 11.3 Å². The molecule has 5 heteroatoms. The maximum atomic E-state index is 13.2.